The maximum Gasteiger partial charge on any atom is 0.223 e. The van der Waals surface area contributed by atoms with E-state index >= 15 is 0 Å². The topological polar surface area (TPSA) is 36.1 Å². The lowest BCUT2D eigenvalue weighted by Crippen LogP contribution is -2.29. The van der Waals surface area contributed by atoms with E-state index in [9.17, 15) is 4.79 Å². The number of benzene rings is 2. The molecule has 1 atom stereocenters. The van der Waals surface area contributed by atoms with Gasteiger partial charge in [-0.05, 0) is 48.1 Å². The minimum atomic E-state index is -0.00217. The molecule has 0 saturated carbocycles. The molecule has 2 aromatic carbocycles. The van der Waals surface area contributed by atoms with Crippen molar-refractivity contribution in [3.8, 4) is 0 Å². The molecule has 1 saturated heterocycles. The number of carbonyl (C=O) groups excluding carboxylic acids is 1. The van der Waals surface area contributed by atoms with Crippen molar-refractivity contribution in [2.45, 2.75) is 38.5 Å². The minimum Gasteiger partial charge on any atom is -0.361 e. The summed E-state index contributed by atoms with van der Waals surface area (Å²) < 4.78 is 0. The molecular weight excluding hydrogens is 356 g/mol. The fraction of sp³-hybridized carbons (Fsp3) is 0.348. The number of hydrogen-bond acceptors (Lipinski definition) is 1. The van der Waals surface area contributed by atoms with E-state index < -0.39 is 0 Å². The molecule has 3 nitrogen and oxygen atoms in total. The SMILES string of the molecule is CCc1cccc2c([C@H](CC(=O)N3CCCC3)c3cccc(Cl)c3)c[nH]c12. The highest BCUT2D eigenvalue weighted by molar-refractivity contribution is 6.30. The van der Waals surface area contributed by atoms with Crippen molar-refractivity contribution in [3.63, 3.8) is 0 Å². The van der Waals surface area contributed by atoms with Crippen LogP contribution in [-0.2, 0) is 11.2 Å². The number of aromatic amines is 1. The second-order valence-electron chi connectivity index (χ2n) is 7.34. The zero-order valence-electron chi connectivity index (χ0n) is 15.7. The summed E-state index contributed by atoms with van der Waals surface area (Å²) in [6.07, 6.45) is 5.75. The van der Waals surface area contributed by atoms with Gasteiger partial charge in [-0.3, -0.25) is 4.79 Å². The van der Waals surface area contributed by atoms with Crippen LogP contribution in [0.25, 0.3) is 10.9 Å². The molecule has 0 aliphatic carbocycles. The largest absolute Gasteiger partial charge is 0.361 e. The molecule has 1 aliphatic heterocycles. The van der Waals surface area contributed by atoms with E-state index in [1.807, 2.05) is 23.1 Å². The molecule has 0 bridgehead atoms. The third kappa shape index (κ3) is 3.61. The van der Waals surface area contributed by atoms with Crippen molar-refractivity contribution >= 4 is 28.4 Å². The van der Waals surface area contributed by atoms with Crippen LogP contribution in [0.1, 0.15) is 48.8 Å². The first-order valence-corrected chi connectivity index (χ1v) is 10.2. The minimum absolute atomic E-state index is 0.00217. The molecule has 0 radical (unpaired) electrons. The molecule has 0 spiro atoms. The molecule has 3 aromatic rings. The average molecular weight is 381 g/mol. The van der Waals surface area contributed by atoms with Gasteiger partial charge in [-0.25, -0.2) is 0 Å². The predicted molar refractivity (Wildman–Crippen MR) is 111 cm³/mol. The number of nitrogens with zero attached hydrogens (tertiary/aromatic N) is 1. The van der Waals surface area contributed by atoms with Crippen LogP contribution < -0.4 is 0 Å². The Morgan fingerprint density at radius 2 is 1.96 bits per heavy atom. The van der Waals surface area contributed by atoms with Crippen LogP contribution in [0.4, 0.5) is 0 Å². The third-order valence-electron chi connectivity index (χ3n) is 5.68. The highest BCUT2D eigenvalue weighted by Crippen LogP contribution is 2.36. The fourth-order valence-electron chi connectivity index (χ4n) is 4.22. The summed E-state index contributed by atoms with van der Waals surface area (Å²) in [5.74, 6) is 0.233. The molecule has 2 heterocycles. The van der Waals surface area contributed by atoms with Crippen LogP contribution in [-0.4, -0.2) is 28.9 Å². The number of hydrogen-bond donors (Lipinski definition) is 1. The summed E-state index contributed by atoms with van der Waals surface area (Å²) in [6.45, 7) is 3.94. The Balaban J connectivity index is 1.77. The first kappa shape index (κ1) is 18.1. The van der Waals surface area contributed by atoms with Gasteiger partial charge in [0.2, 0.25) is 5.91 Å². The molecule has 1 aliphatic rings. The monoisotopic (exact) mass is 380 g/mol. The summed E-state index contributed by atoms with van der Waals surface area (Å²) in [4.78, 5) is 18.4. The van der Waals surface area contributed by atoms with Crippen LogP contribution in [0.5, 0.6) is 0 Å². The molecule has 1 amide bonds. The van der Waals surface area contributed by atoms with Crippen LogP contribution in [0, 0.1) is 0 Å². The Morgan fingerprint density at radius 1 is 1.19 bits per heavy atom. The zero-order valence-corrected chi connectivity index (χ0v) is 16.4. The van der Waals surface area contributed by atoms with Gasteiger partial charge in [0, 0.05) is 47.6 Å². The highest BCUT2D eigenvalue weighted by atomic mass is 35.5. The number of aryl methyl sites for hydroxylation is 1. The fourth-order valence-corrected chi connectivity index (χ4v) is 4.42. The number of aromatic nitrogens is 1. The van der Waals surface area contributed by atoms with E-state index in [4.69, 9.17) is 11.6 Å². The van der Waals surface area contributed by atoms with Gasteiger partial charge in [0.25, 0.3) is 0 Å². The maximum absolute atomic E-state index is 13.0. The zero-order chi connectivity index (χ0) is 18.8. The Kier molecular flexibility index (Phi) is 5.22. The van der Waals surface area contributed by atoms with Crippen molar-refractivity contribution in [1.82, 2.24) is 9.88 Å². The summed E-state index contributed by atoms with van der Waals surface area (Å²) in [7, 11) is 0. The van der Waals surface area contributed by atoms with Gasteiger partial charge in [0.1, 0.15) is 0 Å². The van der Waals surface area contributed by atoms with E-state index in [1.54, 1.807) is 0 Å². The number of rotatable bonds is 5. The highest BCUT2D eigenvalue weighted by Gasteiger charge is 2.26. The molecule has 1 N–H and O–H groups in total. The van der Waals surface area contributed by atoms with Gasteiger partial charge in [-0.2, -0.15) is 0 Å². The lowest BCUT2D eigenvalue weighted by atomic mass is 9.87. The molecule has 1 aromatic heterocycles. The quantitative estimate of drug-likeness (QED) is 0.620. The first-order chi connectivity index (χ1) is 13.2. The third-order valence-corrected chi connectivity index (χ3v) is 5.91. The smallest absolute Gasteiger partial charge is 0.223 e. The summed E-state index contributed by atoms with van der Waals surface area (Å²) in [6, 6.07) is 14.3. The van der Waals surface area contributed by atoms with E-state index in [-0.39, 0.29) is 11.8 Å². The summed E-state index contributed by atoms with van der Waals surface area (Å²) >= 11 is 6.28. The average Bonchev–Trinajstić information content (AvgIpc) is 3.35. The lowest BCUT2D eigenvalue weighted by Gasteiger charge is -2.21. The standard InChI is InChI=1S/C23H25ClN2O/c1-2-16-7-6-10-19-21(15-25-23(16)19)20(17-8-5-9-18(24)13-17)14-22(27)26-11-3-4-12-26/h5-10,13,15,20,25H,2-4,11-12,14H2,1H3/t20-/m1/s1. The van der Waals surface area contributed by atoms with Gasteiger partial charge in [0.15, 0.2) is 0 Å². The maximum atomic E-state index is 13.0. The second-order valence-corrected chi connectivity index (χ2v) is 7.77. The second kappa shape index (κ2) is 7.77. The number of amides is 1. The van der Waals surface area contributed by atoms with Crippen molar-refractivity contribution in [1.29, 1.82) is 0 Å². The van der Waals surface area contributed by atoms with E-state index in [0.717, 1.165) is 37.9 Å². The molecule has 140 valence electrons. The van der Waals surface area contributed by atoms with Crippen molar-refractivity contribution in [2.75, 3.05) is 13.1 Å². The Morgan fingerprint density at radius 3 is 2.70 bits per heavy atom. The first-order valence-electron chi connectivity index (χ1n) is 9.79. The van der Waals surface area contributed by atoms with Gasteiger partial charge in [-0.15, -0.1) is 0 Å². The number of para-hydroxylation sites is 1. The van der Waals surface area contributed by atoms with Crippen molar-refractivity contribution in [2.24, 2.45) is 0 Å². The van der Waals surface area contributed by atoms with Crippen LogP contribution >= 0.6 is 11.6 Å². The molecule has 1 fully saturated rings. The van der Waals surface area contributed by atoms with E-state index in [0.29, 0.717) is 11.4 Å². The number of H-pyrrole nitrogens is 1. The van der Waals surface area contributed by atoms with Crippen molar-refractivity contribution < 1.29 is 4.79 Å². The van der Waals surface area contributed by atoms with Crippen LogP contribution in [0.3, 0.4) is 0 Å². The van der Waals surface area contributed by atoms with Crippen molar-refractivity contribution in [3.05, 3.63) is 70.4 Å². The Labute approximate surface area is 165 Å². The van der Waals surface area contributed by atoms with Gasteiger partial charge in [0.05, 0.1) is 0 Å². The van der Waals surface area contributed by atoms with Crippen LogP contribution in [0.15, 0.2) is 48.7 Å². The molecular formula is C23H25ClN2O. The summed E-state index contributed by atoms with van der Waals surface area (Å²) in [5, 5.41) is 1.91. The summed E-state index contributed by atoms with van der Waals surface area (Å²) in [5.41, 5.74) is 4.75. The number of fused-ring (bicyclic) bond motifs is 1. The molecule has 0 unspecified atom stereocenters. The molecule has 4 rings (SSSR count). The number of nitrogens with one attached hydrogen (secondary N) is 1. The van der Waals surface area contributed by atoms with Crippen LogP contribution in [0.2, 0.25) is 5.02 Å². The predicted octanol–water partition coefficient (Wildman–Crippen LogP) is 5.53. The molecule has 27 heavy (non-hydrogen) atoms. The normalized spacial score (nSPS) is 15.4. The van der Waals surface area contributed by atoms with Gasteiger partial charge in [-0.1, -0.05) is 48.9 Å². The number of halogens is 1. The molecule has 4 heteroatoms. The van der Waals surface area contributed by atoms with Gasteiger partial charge >= 0.3 is 0 Å². The van der Waals surface area contributed by atoms with E-state index in [2.05, 4.69) is 42.4 Å². The van der Waals surface area contributed by atoms with E-state index in [1.165, 1.54) is 22.0 Å². The number of likely N-dealkylation sites (tertiary alicyclic amines) is 1. The number of carbonyl (C=O) groups is 1. The van der Waals surface area contributed by atoms with Gasteiger partial charge < -0.3 is 9.88 Å². The Hall–Kier alpha value is -2.26. The Bertz CT molecular complexity index is 956. The lowest BCUT2D eigenvalue weighted by molar-refractivity contribution is -0.130.